The van der Waals surface area contributed by atoms with Gasteiger partial charge in [-0.3, -0.25) is 0 Å². The zero-order chi connectivity index (χ0) is 16.3. The lowest BCUT2D eigenvalue weighted by atomic mass is 10.1. The Morgan fingerprint density at radius 3 is 2.45 bits per heavy atom. The van der Waals surface area contributed by atoms with Crippen molar-refractivity contribution in [3.63, 3.8) is 0 Å². The normalized spacial score (nSPS) is 12.2. The lowest BCUT2D eigenvalue weighted by Crippen LogP contribution is -2.21. The minimum atomic E-state index is -0.305. The Morgan fingerprint density at radius 2 is 1.91 bits per heavy atom. The lowest BCUT2D eigenvalue weighted by Gasteiger charge is -2.12. The Labute approximate surface area is 130 Å². The maximum atomic E-state index is 11.7. The lowest BCUT2D eigenvalue weighted by molar-refractivity contribution is 0.0526. The molecule has 2 rings (SSSR count). The van der Waals surface area contributed by atoms with Crippen LogP contribution in [-0.2, 0) is 4.74 Å². The number of benzene rings is 1. The summed E-state index contributed by atoms with van der Waals surface area (Å²) in [7, 11) is 0. The number of nitrogens with zero attached hydrogens (tertiary/aromatic N) is 1. The van der Waals surface area contributed by atoms with Gasteiger partial charge in [-0.2, -0.15) is 0 Å². The number of aromatic nitrogens is 1. The molecule has 0 spiro atoms. The highest BCUT2D eigenvalue weighted by Gasteiger charge is 2.15. The number of hydrogen-bond donors (Lipinski definition) is 2. The Morgan fingerprint density at radius 1 is 1.27 bits per heavy atom. The summed E-state index contributed by atoms with van der Waals surface area (Å²) in [6, 6.07) is 9.25. The van der Waals surface area contributed by atoms with Crippen LogP contribution in [0, 0.1) is 13.8 Å². The SMILES string of the molecule is CCOC(=O)c1ccc(-n2c(C)cc(C(N)CN)c2C)cc1. The first-order valence-electron chi connectivity index (χ1n) is 7.41. The third-order valence-corrected chi connectivity index (χ3v) is 3.76. The molecule has 1 unspecified atom stereocenters. The van der Waals surface area contributed by atoms with Crippen LogP contribution in [0.3, 0.4) is 0 Å². The van der Waals surface area contributed by atoms with Gasteiger partial charge in [0.25, 0.3) is 0 Å². The highest BCUT2D eigenvalue weighted by atomic mass is 16.5. The average molecular weight is 301 g/mol. The summed E-state index contributed by atoms with van der Waals surface area (Å²) in [4.78, 5) is 11.7. The first-order chi connectivity index (χ1) is 10.5. The average Bonchev–Trinajstić information content (AvgIpc) is 2.82. The largest absolute Gasteiger partial charge is 0.462 e. The summed E-state index contributed by atoms with van der Waals surface area (Å²) >= 11 is 0. The van der Waals surface area contributed by atoms with E-state index in [0.29, 0.717) is 18.7 Å². The number of aryl methyl sites for hydroxylation is 1. The summed E-state index contributed by atoms with van der Waals surface area (Å²) in [5.74, 6) is -0.305. The molecule has 0 aliphatic heterocycles. The molecule has 1 aromatic carbocycles. The van der Waals surface area contributed by atoms with Crippen molar-refractivity contribution in [2.24, 2.45) is 11.5 Å². The van der Waals surface area contributed by atoms with Crippen LogP contribution in [0.2, 0.25) is 0 Å². The second-order valence-corrected chi connectivity index (χ2v) is 5.27. The van der Waals surface area contributed by atoms with E-state index in [1.165, 1.54) is 0 Å². The molecule has 5 nitrogen and oxygen atoms in total. The molecule has 2 aromatic rings. The Balaban J connectivity index is 2.36. The molecule has 0 amide bonds. The number of ether oxygens (including phenoxy) is 1. The van der Waals surface area contributed by atoms with E-state index in [0.717, 1.165) is 22.6 Å². The molecule has 22 heavy (non-hydrogen) atoms. The molecule has 0 radical (unpaired) electrons. The number of carbonyl (C=O) groups excluding carboxylic acids is 1. The van der Waals surface area contributed by atoms with E-state index >= 15 is 0 Å². The van der Waals surface area contributed by atoms with Crippen molar-refractivity contribution in [2.45, 2.75) is 26.8 Å². The smallest absolute Gasteiger partial charge is 0.338 e. The second-order valence-electron chi connectivity index (χ2n) is 5.27. The standard InChI is InChI=1S/C17H23N3O2/c1-4-22-17(21)13-5-7-14(8-6-13)20-11(2)9-15(12(20)3)16(19)10-18/h5-9,16H,4,10,18-19H2,1-3H3. The van der Waals surface area contributed by atoms with Crippen LogP contribution in [0.15, 0.2) is 30.3 Å². The van der Waals surface area contributed by atoms with Crippen LogP contribution >= 0.6 is 0 Å². The summed E-state index contributed by atoms with van der Waals surface area (Å²) in [6.45, 7) is 6.62. The van der Waals surface area contributed by atoms with Crippen LogP contribution in [0.25, 0.3) is 5.69 Å². The first-order valence-corrected chi connectivity index (χ1v) is 7.41. The van der Waals surface area contributed by atoms with Gasteiger partial charge in [0.1, 0.15) is 0 Å². The van der Waals surface area contributed by atoms with Gasteiger partial charge in [-0.1, -0.05) is 0 Å². The molecule has 4 N–H and O–H groups in total. The second kappa shape index (κ2) is 6.77. The van der Waals surface area contributed by atoms with Crippen LogP contribution in [0.4, 0.5) is 0 Å². The Kier molecular flexibility index (Phi) is 5.00. The highest BCUT2D eigenvalue weighted by molar-refractivity contribution is 5.89. The fourth-order valence-electron chi connectivity index (χ4n) is 2.65. The summed E-state index contributed by atoms with van der Waals surface area (Å²) in [5.41, 5.74) is 16.5. The molecule has 1 aromatic heterocycles. The van der Waals surface area contributed by atoms with Gasteiger partial charge in [0.2, 0.25) is 0 Å². The zero-order valence-corrected chi connectivity index (χ0v) is 13.3. The summed E-state index contributed by atoms with van der Waals surface area (Å²) < 4.78 is 7.11. The van der Waals surface area contributed by atoms with E-state index < -0.39 is 0 Å². The summed E-state index contributed by atoms with van der Waals surface area (Å²) in [6.07, 6.45) is 0. The van der Waals surface area contributed by atoms with Crippen molar-refractivity contribution in [3.8, 4) is 5.69 Å². The van der Waals surface area contributed by atoms with Gasteiger partial charge in [0.05, 0.1) is 12.2 Å². The van der Waals surface area contributed by atoms with Crippen molar-refractivity contribution in [2.75, 3.05) is 13.2 Å². The molecule has 118 valence electrons. The third kappa shape index (κ3) is 3.05. The fraction of sp³-hybridized carbons (Fsp3) is 0.353. The van der Waals surface area contributed by atoms with Gasteiger partial charge in [0, 0.05) is 29.7 Å². The molecule has 0 aliphatic carbocycles. The number of nitrogens with two attached hydrogens (primary N) is 2. The number of esters is 1. The predicted molar refractivity (Wildman–Crippen MR) is 87.2 cm³/mol. The highest BCUT2D eigenvalue weighted by Crippen LogP contribution is 2.24. The van der Waals surface area contributed by atoms with Gasteiger partial charge in [0.15, 0.2) is 0 Å². The molecule has 0 aliphatic rings. The van der Waals surface area contributed by atoms with Crippen molar-refractivity contribution in [3.05, 3.63) is 52.8 Å². The van der Waals surface area contributed by atoms with Gasteiger partial charge in [-0.25, -0.2) is 4.79 Å². The molecule has 0 fully saturated rings. The first kappa shape index (κ1) is 16.3. The van der Waals surface area contributed by atoms with E-state index in [9.17, 15) is 4.79 Å². The van der Waals surface area contributed by atoms with Gasteiger partial charge in [-0.15, -0.1) is 0 Å². The van der Waals surface area contributed by atoms with E-state index in [1.54, 1.807) is 19.1 Å². The third-order valence-electron chi connectivity index (χ3n) is 3.76. The van der Waals surface area contributed by atoms with Crippen molar-refractivity contribution in [1.82, 2.24) is 4.57 Å². The van der Waals surface area contributed by atoms with Crippen molar-refractivity contribution < 1.29 is 9.53 Å². The summed E-state index contributed by atoms with van der Waals surface area (Å²) in [5, 5.41) is 0. The van der Waals surface area contributed by atoms with E-state index in [4.69, 9.17) is 16.2 Å². The van der Waals surface area contributed by atoms with Crippen LogP contribution in [0.1, 0.15) is 40.3 Å². The van der Waals surface area contributed by atoms with Crippen molar-refractivity contribution in [1.29, 1.82) is 0 Å². The van der Waals surface area contributed by atoms with Crippen molar-refractivity contribution >= 4 is 5.97 Å². The van der Waals surface area contributed by atoms with Gasteiger partial charge in [-0.05, 0) is 56.7 Å². The number of carbonyl (C=O) groups is 1. The van der Waals surface area contributed by atoms with Gasteiger partial charge >= 0.3 is 5.97 Å². The number of hydrogen-bond acceptors (Lipinski definition) is 4. The fourth-order valence-corrected chi connectivity index (χ4v) is 2.65. The molecule has 5 heteroatoms. The Bertz CT molecular complexity index is 659. The monoisotopic (exact) mass is 301 g/mol. The van der Waals surface area contributed by atoms with E-state index in [1.807, 2.05) is 26.0 Å². The van der Waals surface area contributed by atoms with Gasteiger partial charge < -0.3 is 20.8 Å². The topological polar surface area (TPSA) is 83.3 Å². The molecule has 0 saturated carbocycles. The molecule has 1 heterocycles. The van der Waals surface area contributed by atoms with Crippen LogP contribution < -0.4 is 11.5 Å². The molecule has 1 atom stereocenters. The predicted octanol–water partition coefficient (Wildman–Crippen LogP) is 2.23. The van der Waals surface area contributed by atoms with Crippen LogP contribution in [0.5, 0.6) is 0 Å². The quantitative estimate of drug-likeness (QED) is 0.830. The minimum absolute atomic E-state index is 0.168. The molecule has 0 bridgehead atoms. The number of rotatable bonds is 5. The van der Waals surface area contributed by atoms with E-state index in [-0.39, 0.29) is 12.0 Å². The maximum absolute atomic E-state index is 11.7. The molecular weight excluding hydrogens is 278 g/mol. The maximum Gasteiger partial charge on any atom is 0.338 e. The molecule has 0 saturated heterocycles. The molecular formula is C17H23N3O2. The van der Waals surface area contributed by atoms with Crippen LogP contribution in [-0.4, -0.2) is 23.7 Å². The Hall–Kier alpha value is -2.11. The zero-order valence-electron chi connectivity index (χ0n) is 13.3. The van der Waals surface area contributed by atoms with E-state index in [2.05, 4.69) is 10.6 Å². The minimum Gasteiger partial charge on any atom is -0.462 e.